The van der Waals surface area contributed by atoms with E-state index in [1.54, 1.807) is 0 Å². The molecule has 0 bridgehead atoms. The first kappa shape index (κ1) is 32.3. The molecular formula is C11H13WY4-3. The molecule has 0 aliphatic carbocycles. The Balaban J connectivity index is -0.0000000807. The fourth-order valence-electron chi connectivity index (χ4n) is 0.959. The summed E-state index contributed by atoms with van der Waals surface area (Å²) >= 11 is 0. The molecule has 1 aromatic rings. The van der Waals surface area contributed by atoms with Crippen molar-refractivity contribution in [2.75, 3.05) is 0 Å². The van der Waals surface area contributed by atoms with E-state index in [-0.39, 0.29) is 152 Å². The van der Waals surface area contributed by atoms with Gasteiger partial charge < -0.3 is 13.3 Å². The molecule has 1 rings (SSSR count). The molecule has 0 fully saturated rings. The molecule has 16 heavy (non-hydrogen) atoms. The number of rotatable bonds is 4. The van der Waals surface area contributed by atoms with Crippen molar-refractivity contribution in [1.29, 1.82) is 0 Å². The molecule has 0 nitrogen and oxygen atoms in total. The van der Waals surface area contributed by atoms with E-state index in [9.17, 15) is 0 Å². The first-order valence-corrected chi connectivity index (χ1v) is 4.00. The second-order valence-electron chi connectivity index (χ2n) is 2.52. The Kier molecular flexibility index (Phi) is 49.2. The second-order valence-corrected chi connectivity index (χ2v) is 2.52. The van der Waals surface area contributed by atoms with Crippen LogP contribution in [0.25, 0.3) is 0 Å². The van der Waals surface area contributed by atoms with Crippen LogP contribution in [0.1, 0.15) is 18.4 Å². The molecule has 5 heteroatoms. The van der Waals surface area contributed by atoms with Crippen LogP contribution < -0.4 is 0 Å². The molecule has 4 radical (unpaired) electrons. The van der Waals surface area contributed by atoms with Gasteiger partial charge in [0.2, 0.25) is 0 Å². The van der Waals surface area contributed by atoms with E-state index in [4.69, 9.17) is 0 Å². The number of hydrogen-bond acceptors (Lipinski definition) is 0. The molecule has 0 spiro atoms. The fraction of sp³-hybridized carbons (Fsp3) is 0.273. The Labute approximate surface area is 215 Å². The largest absolute Gasteiger partial charge is 0.346 e. The molecule has 0 atom stereocenters. The summed E-state index contributed by atoms with van der Waals surface area (Å²) in [4.78, 5) is 0. The maximum absolute atomic E-state index is 3.78. The van der Waals surface area contributed by atoms with E-state index in [2.05, 4.69) is 25.5 Å². The third kappa shape index (κ3) is 18.3. The summed E-state index contributed by atoms with van der Waals surface area (Å²) in [7, 11) is 0. The van der Waals surface area contributed by atoms with Crippen molar-refractivity contribution in [2.45, 2.75) is 19.3 Å². The van der Waals surface area contributed by atoms with Crippen LogP contribution in [0.2, 0.25) is 0 Å². The smallest absolute Gasteiger partial charge is 0 e. The number of unbranched alkanes of at least 4 members (excludes halogenated alkanes) is 2. The molecule has 1 aromatic carbocycles. The van der Waals surface area contributed by atoms with Crippen molar-refractivity contribution in [3.8, 4) is 0 Å². The van der Waals surface area contributed by atoms with Gasteiger partial charge in [-0.25, -0.2) is 12.8 Å². The standard InChI is InChI=1S/C11H13.W.4Y/c1-2-3-5-8-11-9-6-4-7-10-11;;;;;/h4-7,9H,1-3,8H2;;;;;/q-3;;;;;. The summed E-state index contributed by atoms with van der Waals surface area (Å²) in [5, 5.41) is 0. The van der Waals surface area contributed by atoms with Gasteiger partial charge in [-0.1, -0.05) is 0 Å². The summed E-state index contributed by atoms with van der Waals surface area (Å²) in [6, 6.07) is 11.3. The minimum Gasteiger partial charge on any atom is -0.346 e. The van der Waals surface area contributed by atoms with Crippen LogP contribution in [-0.2, 0) is 158 Å². The van der Waals surface area contributed by atoms with Crippen molar-refractivity contribution >= 4 is 0 Å². The molecule has 0 aliphatic rings. The summed E-state index contributed by atoms with van der Waals surface area (Å²) < 4.78 is 0. The van der Waals surface area contributed by atoms with Gasteiger partial charge in [-0.05, 0) is 0 Å². The van der Waals surface area contributed by atoms with Crippen LogP contribution in [-0.4, -0.2) is 0 Å². The first-order chi connectivity index (χ1) is 5.43. The molecule has 0 aromatic heterocycles. The summed E-state index contributed by atoms with van der Waals surface area (Å²) in [6.07, 6.45) is 5.37. The third-order valence-corrected chi connectivity index (χ3v) is 1.55. The molecule has 0 aliphatic heterocycles. The molecule has 0 heterocycles. The van der Waals surface area contributed by atoms with Crippen molar-refractivity contribution in [1.82, 2.24) is 0 Å². The molecular weight excluding hydrogens is 672 g/mol. The van der Waals surface area contributed by atoms with E-state index in [1.165, 1.54) is 5.56 Å². The van der Waals surface area contributed by atoms with E-state index in [0.717, 1.165) is 19.3 Å². The minimum atomic E-state index is 0. The van der Waals surface area contributed by atoms with Gasteiger partial charge in [-0.3, -0.25) is 0 Å². The van der Waals surface area contributed by atoms with Crippen molar-refractivity contribution in [3.05, 3.63) is 49.2 Å². The average Bonchev–Trinajstić information content (AvgIpc) is 2.07. The summed E-state index contributed by atoms with van der Waals surface area (Å²) in [5.74, 6) is 0. The maximum atomic E-state index is 3.78. The summed E-state index contributed by atoms with van der Waals surface area (Å²) in [5.41, 5.74) is 1.26. The van der Waals surface area contributed by atoms with Crippen LogP contribution in [0.3, 0.4) is 0 Å². The number of benzene rings is 1. The van der Waals surface area contributed by atoms with Crippen LogP contribution in [0.15, 0.2) is 24.3 Å². The Bertz CT molecular complexity index is 194. The van der Waals surface area contributed by atoms with Crippen LogP contribution >= 0.6 is 0 Å². The van der Waals surface area contributed by atoms with Gasteiger partial charge >= 0.3 is 0 Å². The van der Waals surface area contributed by atoms with E-state index < -0.39 is 0 Å². The third-order valence-electron chi connectivity index (χ3n) is 1.55. The predicted octanol–water partition coefficient (Wildman–Crippen LogP) is 2.84. The van der Waals surface area contributed by atoms with Crippen molar-refractivity contribution in [2.24, 2.45) is 0 Å². The van der Waals surface area contributed by atoms with E-state index >= 15 is 0 Å². The first-order valence-electron chi connectivity index (χ1n) is 4.00. The predicted molar refractivity (Wildman–Crippen MR) is 47.9 cm³/mol. The molecule has 0 unspecified atom stereocenters. The van der Waals surface area contributed by atoms with Gasteiger partial charge in [0.25, 0.3) is 0 Å². The normalized spacial score (nSPS) is 6.81. The summed E-state index contributed by atoms with van der Waals surface area (Å²) in [6.45, 7) is 3.78. The minimum absolute atomic E-state index is 0. The van der Waals surface area contributed by atoms with Gasteiger partial charge in [0.05, 0.1) is 0 Å². The molecule has 0 amide bonds. The second kappa shape index (κ2) is 24.3. The Morgan fingerprint density at radius 1 is 1.12 bits per heavy atom. The van der Waals surface area contributed by atoms with Gasteiger partial charge in [0.1, 0.15) is 0 Å². The Hall–Kier alpha value is 4.32. The fourth-order valence-corrected chi connectivity index (χ4v) is 0.959. The van der Waals surface area contributed by atoms with Crippen molar-refractivity contribution < 1.29 is 152 Å². The monoisotopic (exact) mass is 685 g/mol. The molecule has 78 valence electrons. The quantitative estimate of drug-likeness (QED) is 0.339. The van der Waals surface area contributed by atoms with Crippen molar-refractivity contribution in [3.63, 3.8) is 0 Å². The van der Waals surface area contributed by atoms with Gasteiger partial charge in [0.15, 0.2) is 0 Å². The topological polar surface area (TPSA) is 0 Å². The van der Waals surface area contributed by atoms with Gasteiger partial charge in [-0.2, -0.15) is 42.3 Å². The van der Waals surface area contributed by atoms with Gasteiger partial charge in [0, 0.05) is 152 Å². The Morgan fingerprint density at radius 2 is 1.75 bits per heavy atom. The zero-order chi connectivity index (χ0) is 7.94. The molecule has 0 saturated heterocycles. The van der Waals surface area contributed by atoms with E-state index in [1.807, 2.05) is 18.2 Å². The maximum Gasteiger partial charge on any atom is 0 e. The van der Waals surface area contributed by atoms with Crippen LogP contribution in [0.4, 0.5) is 0 Å². The van der Waals surface area contributed by atoms with E-state index in [0.29, 0.717) is 0 Å². The Morgan fingerprint density at radius 3 is 2.19 bits per heavy atom. The SMILES string of the molecule is [CH2-]CC[CH-]Cc1[c-]cccc1.[W].[Y].[Y].[Y].[Y]. The number of hydrogen-bond donors (Lipinski definition) is 0. The van der Waals surface area contributed by atoms with Gasteiger partial charge in [-0.15, -0.1) is 0 Å². The zero-order valence-electron chi connectivity index (χ0n) is 9.43. The zero-order valence-corrected chi connectivity index (χ0v) is 23.7. The van der Waals surface area contributed by atoms with Crippen LogP contribution in [0.5, 0.6) is 0 Å². The average molecular weight is 685 g/mol. The molecule has 0 N–H and O–H groups in total. The molecule has 0 saturated carbocycles. The van der Waals surface area contributed by atoms with Crippen LogP contribution in [0, 0.1) is 19.4 Å².